The Kier molecular flexibility index (Phi) is 5.12. The highest BCUT2D eigenvalue weighted by molar-refractivity contribution is 7.91. The molecule has 2 rings (SSSR count). The first kappa shape index (κ1) is 16.4. The molecule has 120 valence electrons. The summed E-state index contributed by atoms with van der Waals surface area (Å²) in [5, 5.41) is 3.60. The van der Waals surface area contributed by atoms with E-state index in [-0.39, 0.29) is 35.9 Å². The van der Waals surface area contributed by atoms with Gasteiger partial charge in [0, 0.05) is 13.1 Å². The van der Waals surface area contributed by atoms with E-state index in [9.17, 15) is 17.6 Å². The number of benzene rings is 1. The summed E-state index contributed by atoms with van der Waals surface area (Å²) in [6.45, 7) is -0.293. The zero-order valence-electron chi connectivity index (χ0n) is 12.1. The highest BCUT2D eigenvalue weighted by Gasteiger charge is 2.32. The van der Waals surface area contributed by atoms with Crippen LogP contribution >= 0.6 is 0 Å². The van der Waals surface area contributed by atoms with E-state index in [1.165, 1.54) is 29.3 Å². The van der Waals surface area contributed by atoms with Gasteiger partial charge in [-0.25, -0.2) is 12.8 Å². The minimum absolute atomic E-state index is 0.0121. The van der Waals surface area contributed by atoms with E-state index < -0.39 is 9.84 Å². The van der Waals surface area contributed by atoms with Crippen LogP contribution < -0.4 is 0 Å². The molecule has 1 fully saturated rings. The van der Waals surface area contributed by atoms with Crippen molar-refractivity contribution in [3.63, 3.8) is 0 Å². The van der Waals surface area contributed by atoms with Gasteiger partial charge < -0.3 is 9.74 Å². The number of halogens is 1. The third-order valence-corrected chi connectivity index (χ3v) is 5.21. The lowest BCUT2D eigenvalue weighted by Gasteiger charge is -2.22. The van der Waals surface area contributed by atoms with Gasteiger partial charge in [0.05, 0.1) is 17.7 Å². The van der Waals surface area contributed by atoms with Crippen LogP contribution in [0.3, 0.4) is 0 Å². The summed E-state index contributed by atoms with van der Waals surface area (Å²) in [5.41, 5.74) is 0.516. The average molecular weight is 328 g/mol. The van der Waals surface area contributed by atoms with Gasteiger partial charge in [-0.15, -0.1) is 0 Å². The van der Waals surface area contributed by atoms with Crippen LogP contribution in [0.5, 0.6) is 0 Å². The molecule has 0 bridgehead atoms. The first-order chi connectivity index (χ1) is 10.4. The number of carbonyl (C=O) groups is 1. The van der Waals surface area contributed by atoms with Crippen molar-refractivity contribution in [2.75, 3.05) is 25.2 Å². The molecule has 22 heavy (non-hydrogen) atoms. The molecule has 1 atom stereocenters. The zero-order valence-corrected chi connectivity index (χ0v) is 12.9. The number of hydrogen-bond acceptors (Lipinski definition) is 5. The fraction of sp³-hybridized carbons (Fsp3) is 0.429. The largest absolute Gasteiger partial charge is 0.386 e. The van der Waals surface area contributed by atoms with Crippen LogP contribution in [0.25, 0.3) is 0 Å². The van der Waals surface area contributed by atoms with E-state index in [0.717, 1.165) is 0 Å². The van der Waals surface area contributed by atoms with Crippen molar-refractivity contribution in [3.05, 3.63) is 35.6 Å². The van der Waals surface area contributed by atoms with E-state index in [0.29, 0.717) is 12.0 Å². The van der Waals surface area contributed by atoms with E-state index in [4.69, 9.17) is 4.84 Å². The topological polar surface area (TPSA) is 76.0 Å². The SMILES string of the molecule is CN(C(=O)CO/N=C\c1cccc(F)c1)[C@H]1CCS(=O)(=O)C1. The molecule has 1 aromatic rings. The second kappa shape index (κ2) is 6.87. The molecule has 6 nitrogen and oxygen atoms in total. The molecule has 1 aromatic carbocycles. The van der Waals surface area contributed by atoms with E-state index in [1.54, 1.807) is 13.1 Å². The lowest BCUT2D eigenvalue weighted by Crippen LogP contribution is -2.39. The summed E-state index contributed by atoms with van der Waals surface area (Å²) in [5.74, 6) is -0.643. The molecule has 1 heterocycles. The molecule has 1 amide bonds. The van der Waals surface area contributed by atoms with Gasteiger partial charge in [-0.2, -0.15) is 0 Å². The highest BCUT2D eigenvalue weighted by atomic mass is 32.2. The van der Waals surface area contributed by atoms with Crippen molar-refractivity contribution in [2.45, 2.75) is 12.5 Å². The molecule has 0 aliphatic carbocycles. The van der Waals surface area contributed by atoms with Crippen molar-refractivity contribution < 1.29 is 22.4 Å². The Morgan fingerprint density at radius 2 is 2.32 bits per heavy atom. The number of nitrogens with zero attached hydrogens (tertiary/aromatic N) is 2. The minimum atomic E-state index is -3.04. The third-order valence-electron chi connectivity index (χ3n) is 3.46. The fourth-order valence-electron chi connectivity index (χ4n) is 2.16. The molecule has 0 radical (unpaired) electrons. The first-order valence-electron chi connectivity index (χ1n) is 6.74. The highest BCUT2D eigenvalue weighted by Crippen LogP contribution is 2.16. The smallest absolute Gasteiger partial charge is 0.263 e. The van der Waals surface area contributed by atoms with Crippen molar-refractivity contribution in [1.82, 2.24) is 4.90 Å². The lowest BCUT2D eigenvalue weighted by atomic mass is 10.2. The monoisotopic (exact) mass is 328 g/mol. The summed E-state index contributed by atoms with van der Waals surface area (Å²) < 4.78 is 35.7. The molecule has 0 N–H and O–H groups in total. The van der Waals surface area contributed by atoms with Gasteiger partial charge in [-0.1, -0.05) is 17.3 Å². The predicted molar refractivity (Wildman–Crippen MR) is 79.8 cm³/mol. The van der Waals surface area contributed by atoms with Gasteiger partial charge in [0.25, 0.3) is 5.91 Å². The molecule has 0 saturated carbocycles. The summed E-state index contributed by atoms with van der Waals surface area (Å²) in [6, 6.07) is 5.47. The standard InChI is InChI=1S/C14H17FN2O4S/c1-17(13-5-6-22(19,20)10-13)14(18)9-21-16-8-11-3-2-4-12(15)7-11/h2-4,7-8,13H,5-6,9-10H2,1H3/b16-8-/t13-/m0/s1. The number of amides is 1. The third kappa shape index (κ3) is 4.52. The molecule has 8 heteroatoms. The lowest BCUT2D eigenvalue weighted by molar-refractivity contribution is -0.136. The zero-order chi connectivity index (χ0) is 16.2. The van der Waals surface area contributed by atoms with Gasteiger partial charge in [0.1, 0.15) is 5.82 Å². The Balaban J connectivity index is 1.80. The van der Waals surface area contributed by atoms with Crippen LogP contribution in [0.1, 0.15) is 12.0 Å². The van der Waals surface area contributed by atoms with Gasteiger partial charge in [0.15, 0.2) is 16.4 Å². The second-order valence-corrected chi connectivity index (χ2v) is 7.35. The minimum Gasteiger partial charge on any atom is -0.386 e. The summed E-state index contributed by atoms with van der Waals surface area (Å²) in [7, 11) is -1.49. The van der Waals surface area contributed by atoms with Crippen molar-refractivity contribution >= 4 is 22.0 Å². The fourth-order valence-corrected chi connectivity index (χ4v) is 3.94. The Bertz CT molecular complexity index is 675. The molecular weight excluding hydrogens is 311 g/mol. The number of likely N-dealkylation sites (N-methyl/N-ethyl adjacent to an activating group) is 1. The van der Waals surface area contributed by atoms with E-state index >= 15 is 0 Å². The molecule has 1 aliphatic rings. The average Bonchev–Trinajstić information content (AvgIpc) is 2.83. The summed E-state index contributed by atoms with van der Waals surface area (Å²) in [4.78, 5) is 18.1. The van der Waals surface area contributed by atoms with Crippen LogP contribution in [-0.2, 0) is 19.5 Å². The first-order valence-corrected chi connectivity index (χ1v) is 8.56. The summed E-state index contributed by atoms with van der Waals surface area (Å²) >= 11 is 0. The normalized spacial score (nSPS) is 20.2. The molecule has 1 aliphatic heterocycles. The molecule has 0 unspecified atom stereocenters. The Hall–Kier alpha value is -1.96. The van der Waals surface area contributed by atoms with Crippen LogP contribution in [0.15, 0.2) is 29.4 Å². The quantitative estimate of drug-likeness (QED) is 0.592. The molecule has 0 aromatic heterocycles. The van der Waals surface area contributed by atoms with Gasteiger partial charge >= 0.3 is 0 Å². The maximum Gasteiger partial charge on any atom is 0.263 e. The molecule has 0 spiro atoms. The van der Waals surface area contributed by atoms with Crippen molar-refractivity contribution in [2.24, 2.45) is 5.16 Å². The second-order valence-electron chi connectivity index (χ2n) is 5.12. The van der Waals surface area contributed by atoms with Gasteiger partial charge in [-0.05, 0) is 24.1 Å². The van der Waals surface area contributed by atoms with Gasteiger partial charge in [0.2, 0.25) is 0 Å². The van der Waals surface area contributed by atoms with Crippen LogP contribution in [0.2, 0.25) is 0 Å². The van der Waals surface area contributed by atoms with Crippen LogP contribution in [0, 0.1) is 5.82 Å². The predicted octanol–water partition coefficient (Wildman–Crippen LogP) is 0.822. The van der Waals surface area contributed by atoms with Crippen molar-refractivity contribution in [3.8, 4) is 0 Å². The maximum absolute atomic E-state index is 12.9. The Morgan fingerprint density at radius 1 is 1.55 bits per heavy atom. The number of carbonyl (C=O) groups excluding carboxylic acids is 1. The van der Waals surface area contributed by atoms with Gasteiger partial charge in [-0.3, -0.25) is 4.79 Å². The van der Waals surface area contributed by atoms with Crippen LogP contribution in [-0.4, -0.2) is 56.6 Å². The Morgan fingerprint density at radius 3 is 2.95 bits per heavy atom. The number of oxime groups is 1. The van der Waals surface area contributed by atoms with E-state index in [1.807, 2.05) is 0 Å². The van der Waals surface area contributed by atoms with Crippen LogP contribution in [0.4, 0.5) is 4.39 Å². The number of rotatable bonds is 5. The Labute approximate surface area is 128 Å². The molecule has 1 saturated heterocycles. The number of hydrogen-bond donors (Lipinski definition) is 0. The summed E-state index contributed by atoms with van der Waals surface area (Å²) in [6.07, 6.45) is 1.74. The van der Waals surface area contributed by atoms with E-state index in [2.05, 4.69) is 5.16 Å². The van der Waals surface area contributed by atoms with Crippen molar-refractivity contribution in [1.29, 1.82) is 0 Å². The molecular formula is C14H17FN2O4S. The number of sulfone groups is 1. The maximum atomic E-state index is 12.9.